The molecule has 19 heavy (non-hydrogen) atoms. The Kier molecular flexibility index (Phi) is 3.33. The summed E-state index contributed by atoms with van der Waals surface area (Å²) in [4.78, 5) is 29.5. The Morgan fingerprint density at radius 1 is 1.32 bits per heavy atom. The Morgan fingerprint density at radius 2 is 2.00 bits per heavy atom. The van der Waals surface area contributed by atoms with Gasteiger partial charge in [-0.3, -0.25) is 14.9 Å². The van der Waals surface area contributed by atoms with Gasteiger partial charge in [0.25, 0.3) is 11.6 Å². The smallest absolute Gasteiger partial charge is 0.270 e. The number of carbonyl (C=O) groups excluding carboxylic acids is 1. The number of hydrogen-bond acceptors (Lipinski definition) is 6. The van der Waals surface area contributed by atoms with Crippen molar-refractivity contribution in [2.24, 2.45) is 0 Å². The number of aromatic nitrogens is 2. The summed E-state index contributed by atoms with van der Waals surface area (Å²) in [5.41, 5.74) is 5.98. The van der Waals surface area contributed by atoms with Gasteiger partial charge in [0, 0.05) is 17.8 Å². The number of nitrogen functional groups attached to an aromatic ring is 1. The number of nitro groups is 1. The highest BCUT2D eigenvalue weighted by Gasteiger charge is 2.15. The van der Waals surface area contributed by atoms with E-state index in [0.717, 1.165) is 6.07 Å². The minimum atomic E-state index is -0.595. The number of nitrogens with two attached hydrogens (primary N) is 1. The van der Waals surface area contributed by atoms with Crippen LogP contribution in [0.4, 0.5) is 17.1 Å². The molecule has 1 aromatic heterocycles. The lowest BCUT2D eigenvalue weighted by atomic mass is 10.1. The molecule has 0 aliphatic rings. The summed E-state index contributed by atoms with van der Waals surface area (Å²) in [7, 11) is 0. The Balaban J connectivity index is 2.28. The van der Waals surface area contributed by atoms with E-state index >= 15 is 0 Å². The number of anilines is 2. The largest absolute Gasteiger partial charge is 0.398 e. The van der Waals surface area contributed by atoms with Crippen LogP contribution in [0.1, 0.15) is 10.4 Å². The van der Waals surface area contributed by atoms with Gasteiger partial charge in [0.2, 0.25) is 0 Å². The molecular weight excluding hydrogens is 250 g/mol. The van der Waals surface area contributed by atoms with Crippen molar-refractivity contribution in [3.05, 3.63) is 52.6 Å². The number of nitro benzene ring substituents is 1. The Bertz CT molecular complexity index is 629. The molecule has 1 aromatic carbocycles. The highest BCUT2D eigenvalue weighted by atomic mass is 16.6. The zero-order valence-electron chi connectivity index (χ0n) is 9.61. The van der Waals surface area contributed by atoms with E-state index in [9.17, 15) is 14.9 Å². The number of non-ortho nitro benzene ring substituents is 1. The van der Waals surface area contributed by atoms with E-state index in [-0.39, 0.29) is 16.9 Å². The lowest BCUT2D eigenvalue weighted by molar-refractivity contribution is -0.384. The van der Waals surface area contributed by atoms with Crippen LogP contribution in [-0.2, 0) is 0 Å². The molecule has 0 bridgehead atoms. The number of nitrogens with one attached hydrogen (secondary N) is 1. The number of hydrogen-bond donors (Lipinski definition) is 2. The minimum Gasteiger partial charge on any atom is -0.398 e. The highest BCUT2D eigenvalue weighted by molar-refractivity contribution is 6.08. The van der Waals surface area contributed by atoms with E-state index in [0.29, 0.717) is 5.69 Å². The van der Waals surface area contributed by atoms with Crippen LogP contribution in [0.3, 0.4) is 0 Å². The summed E-state index contributed by atoms with van der Waals surface area (Å²) in [6.45, 7) is 0. The van der Waals surface area contributed by atoms with Crippen molar-refractivity contribution < 1.29 is 9.72 Å². The van der Waals surface area contributed by atoms with Crippen LogP contribution in [0.15, 0.2) is 36.9 Å². The van der Waals surface area contributed by atoms with Crippen molar-refractivity contribution in [2.75, 3.05) is 11.1 Å². The van der Waals surface area contributed by atoms with Crippen LogP contribution in [-0.4, -0.2) is 20.8 Å². The van der Waals surface area contributed by atoms with E-state index < -0.39 is 10.8 Å². The van der Waals surface area contributed by atoms with Crippen molar-refractivity contribution in [2.45, 2.75) is 0 Å². The van der Waals surface area contributed by atoms with Gasteiger partial charge in [-0.05, 0) is 6.07 Å². The Hall–Kier alpha value is -3.03. The first-order valence-corrected chi connectivity index (χ1v) is 5.18. The molecule has 1 heterocycles. The molecule has 8 nitrogen and oxygen atoms in total. The molecular formula is C11H9N5O3. The van der Waals surface area contributed by atoms with Gasteiger partial charge in [-0.2, -0.15) is 0 Å². The maximum Gasteiger partial charge on any atom is 0.270 e. The lowest BCUT2D eigenvalue weighted by Gasteiger charge is -2.06. The third-order valence-corrected chi connectivity index (χ3v) is 2.31. The van der Waals surface area contributed by atoms with Crippen LogP contribution < -0.4 is 11.1 Å². The summed E-state index contributed by atoms with van der Waals surface area (Å²) >= 11 is 0. The third-order valence-electron chi connectivity index (χ3n) is 2.31. The molecule has 0 spiro atoms. The zero-order chi connectivity index (χ0) is 13.8. The molecule has 2 rings (SSSR count). The van der Waals surface area contributed by atoms with E-state index in [1.165, 1.54) is 30.9 Å². The molecule has 0 radical (unpaired) electrons. The first kappa shape index (κ1) is 12.4. The number of carbonyl (C=O) groups is 1. The molecule has 0 saturated heterocycles. The monoisotopic (exact) mass is 259 g/mol. The number of amides is 1. The predicted molar refractivity (Wildman–Crippen MR) is 67.5 cm³/mol. The summed E-state index contributed by atoms with van der Waals surface area (Å²) < 4.78 is 0. The highest BCUT2D eigenvalue weighted by Crippen LogP contribution is 2.20. The molecule has 2 aromatic rings. The molecule has 0 aliphatic carbocycles. The third kappa shape index (κ3) is 2.80. The van der Waals surface area contributed by atoms with Gasteiger partial charge >= 0.3 is 0 Å². The summed E-state index contributed by atoms with van der Waals surface area (Å²) in [5, 5.41) is 13.2. The van der Waals surface area contributed by atoms with Gasteiger partial charge in [0.05, 0.1) is 28.6 Å². The molecule has 0 unspecified atom stereocenters. The quantitative estimate of drug-likeness (QED) is 0.485. The molecule has 3 N–H and O–H groups in total. The lowest BCUT2D eigenvalue weighted by Crippen LogP contribution is -2.14. The second-order valence-corrected chi connectivity index (χ2v) is 3.61. The fraction of sp³-hybridized carbons (Fsp3) is 0. The van der Waals surface area contributed by atoms with Gasteiger partial charge in [0.15, 0.2) is 0 Å². The molecule has 0 fully saturated rings. The van der Waals surface area contributed by atoms with Crippen molar-refractivity contribution in [1.29, 1.82) is 0 Å². The maximum atomic E-state index is 11.9. The fourth-order valence-corrected chi connectivity index (χ4v) is 1.42. The van der Waals surface area contributed by atoms with Crippen LogP contribution in [0.5, 0.6) is 0 Å². The SMILES string of the molecule is Nc1ccc([N+](=O)[O-])cc1C(=O)Nc1cncnc1. The Labute approximate surface area is 107 Å². The van der Waals surface area contributed by atoms with E-state index in [1.54, 1.807) is 0 Å². The van der Waals surface area contributed by atoms with Crippen LogP contribution >= 0.6 is 0 Å². The van der Waals surface area contributed by atoms with Crippen molar-refractivity contribution in [3.8, 4) is 0 Å². The van der Waals surface area contributed by atoms with Gasteiger partial charge in [-0.15, -0.1) is 0 Å². The first-order valence-electron chi connectivity index (χ1n) is 5.18. The normalized spacial score (nSPS) is 9.89. The molecule has 8 heteroatoms. The van der Waals surface area contributed by atoms with E-state index in [4.69, 9.17) is 5.73 Å². The Morgan fingerprint density at radius 3 is 2.63 bits per heavy atom. The summed E-state index contributed by atoms with van der Waals surface area (Å²) in [5.74, 6) is -0.559. The molecule has 0 saturated carbocycles. The van der Waals surface area contributed by atoms with Gasteiger partial charge in [0.1, 0.15) is 6.33 Å². The van der Waals surface area contributed by atoms with Crippen LogP contribution in [0.25, 0.3) is 0 Å². The molecule has 0 aliphatic heterocycles. The van der Waals surface area contributed by atoms with Crippen molar-refractivity contribution >= 4 is 23.0 Å². The molecule has 96 valence electrons. The predicted octanol–water partition coefficient (Wildman–Crippen LogP) is 1.22. The van der Waals surface area contributed by atoms with Crippen molar-refractivity contribution in [3.63, 3.8) is 0 Å². The average Bonchev–Trinajstić information content (AvgIpc) is 2.40. The van der Waals surface area contributed by atoms with Gasteiger partial charge < -0.3 is 11.1 Å². The minimum absolute atomic E-state index is 0.0260. The second-order valence-electron chi connectivity index (χ2n) is 3.61. The number of nitrogens with zero attached hydrogens (tertiary/aromatic N) is 3. The number of rotatable bonds is 3. The fourth-order valence-electron chi connectivity index (χ4n) is 1.42. The van der Waals surface area contributed by atoms with Gasteiger partial charge in [-0.25, -0.2) is 9.97 Å². The zero-order valence-corrected chi connectivity index (χ0v) is 9.61. The molecule has 0 atom stereocenters. The van der Waals surface area contributed by atoms with E-state index in [1.807, 2.05) is 0 Å². The second kappa shape index (κ2) is 5.08. The maximum absolute atomic E-state index is 11.9. The van der Waals surface area contributed by atoms with Crippen LogP contribution in [0, 0.1) is 10.1 Å². The standard InChI is InChI=1S/C11H9N5O3/c12-10-2-1-8(16(18)19)3-9(10)11(17)15-7-4-13-6-14-5-7/h1-6H,12H2,(H,15,17). The van der Waals surface area contributed by atoms with Gasteiger partial charge in [-0.1, -0.05) is 0 Å². The van der Waals surface area contributed by atoms with E-state index in [2.05, 4.69) is 15.3 Å². The summed E-state index contributed by atoms with van der Waals surface area (Å²) in [6.07, 6.45) is 4.12. The van der Waals surface area contributed by atoms with Crippen LogP contribution in [0.2, 0.25) is 0 Å². The first-order chi connectivity index (χ1) is 9.08. The number of benzene rings is 1. The van der Waals surface area contributed by atoms with Crippen molar-refractivity contribution in [1.82, 2.24) is 9.97 Å². The average molecular weight is 259 g/mol. The topological polar surface area (TPSA) is 124 Å². The molecule has 1 amide bonds. The summed E-state index contributed by atoms with van der Waals surface area (Å²) in [6, 6.07) is 3.67.